The van der Waals surface area contributed by atoms with E-state index in [0.717, 1.165) is 0 Å². The van der Waals surface area contributed by atoms with E-state index in [9.17, 15) is 9.59 Å². The lowest BCUT2D eigenvalue weighted by molar-refractivity contribution is -0.143. The van der Waals surface area contributed by atoms with E-state index in [-0.39, 0.29) is 12.0 Å². The summed E-state index contributed by atoms with van der Waals surface area (Å²) in [5.41, 5.74) is 0. The summed E-state index contributed by atoms with van der Waals surface area (Å²) in [6.07, 6.45) is 3.30. The molecule has 0 aromatic rings. The number of hydrogen-bond donors (Lipinski definition) is 2. The number of esters is 1. The number of hydrogen-bond acceptors (Lipinski definition) is 3. The minimum absolute atomic E-state index is 0.194. The molecule has 5 nitrogen and oxygen atoms in total. The van der Waals surface area contributed by atoms with Crippen LogP contribution < -0.4 is 10.6 Å². The van der Waals surface area contributed by atoms with Gasteiger partial charge in [0.2, 0.25) is 0 Å². The first-order valence-corrected chi connectivity index (χ1v) is 5.49. The maximum Gasteiger partial charge on any atom is 0.314 e. The number of nitrogens with one attached hydrogen (secondary N) is 2. The highest BCUT2D eigenvalue weighted by atomic mass is 16.5. The summed E-state index contributed by atoms with van der Waals surface area (Å²) in [5, 5.41) is 5.25. The maximum absolute atomic E-state index is 11.0. The zero-order valence-corrected chi connectivity index (χ0v) is 9.75. The molecule has 92 valence electrons. The molecule has 0 saturated carbocycles. The highest BCUT2D eigenvalue weighted by Gasteiger charge is 2.01. The Morgan fingerprint density at radius 2 is 2.12 bits per heavy atom. The van der Waals surface area contributed by atoms with Crippen molar-refractivity contribution < 1.29 is 14.3 Å². The minimum atomic E-state index is -0.224. The van der Waals surface area contributed by atoms with Gasteiger partial charge in [-0.05, 0) is 19.8 Å². The third-order valence-electron chi connectivity index (χ3n) is 1.76. The van der Waals surface area contributed by atoms with Gasteiger partial charge in [0, 0.05) is 19.5 Å². The van der Waals surface area contributed by atoms with E-state index < -0.39 is 0 Å². The lowest BCUT2D eigenvalue weighted by Gasteiger charge is -2.06. The van der Waals surface area contributed by atoms with E-state index in [1.54, 1.807) is 6.08 Å². The first-order chi connectivity index (χ1) is 7.70. The summed E-state index contributed by atoms with van der Waals surface area (Å²) in [6, 6.07) is -0.194. The molecule has 0 heterocycles. The Morgan fingerprint density at radius 1 is 1.38 bits per heavy atom. The molecule has 0 saturated heterocycles. The van der Waals surface area contributed by atoms with Crippen LogP contribution in [-0.4, -0.2) is 31.7 Å². The zero-order chi connectivity index (χ0) is 12.2. The number of allylic oxidation sites excluding steroid dienone is 1. The van der Waals surface area contributed by atoms with Crippen LogP contribution in [0.3, 0.4) is 0 Å². The van der Waals surface area contributed by atoms with Gasteiger partial charge in [-0.15, -0.1) is 6.58 Å². The van der Waals surface area contributed by atoms with Gasteiger partial charge < -0.3 is 15.4 Å². The van der Waals surface area contributed by atoms with Crippen LogP contribution in [0.2, 0.25) is 0 Å². The van der Waals surface area contributed by atoms with Gasteiger partial charge in [0.05, 0.1) is 6.61 Å². The average molecular weight is 228 g/mol. The second kappa shape index (κ2) is 10.0. The Hall–Kier alpha value is -1.52. The van der Waals surface area contributed by atoms with Crippen molar-refractivity contribution >= 4 is 12.0 Å². The van der Waals surface area contributed by atoms with Gasteiger partial charge in [-0.1, -0.05) is 6.08 Å². The number of rotatable bonds is 8. The third-order valence-corrected chi connectivity index (χ3v) is 1.76. The molecule has 0 radical (unpaired) electrons. The van der Waals surface area contributed by atoms with E-state index in [2.05, 4.69) is 17.2 Å². The molecule has 0 aliphatic rings. The molecule has 0 rings (SSSR count). The van der Waals surface area contributed by atoms with Crippen LogP contribution in [0.4, 0.5) is 4.79 Å². The SMILES string of the molecule is C=CCCC(=O)OCCCNC(=O)NCC. The first-order valence-electron chi connectivity index (χ1n) is 5.49. The van der Waals surface area contributed by atoms with Crippen molar-refractivity contribution in [1.82, 2.24) is 10.6 Å². The van der Waals surface area contributed by atoms with E-state index in [1.165, 1.54) is 0 Å². The predicted molar refractivity (Wildman–Crippen MR) is 62.1 cm³/mol. The molecule has 0 atom stereocenters. The summed E-state index contributed by atoms with van der Waals surface area (Å²) >= 11 is 0. The van der Waals surface area contributed by atoms with Gasteiger partial charge in [-0.2, -0.15) is 0 Å². The summed E-state index contributed by atoms with van der Waals surface area (Å²) in [6.45, 7) is 6.80. The van der Waals surface area contributed by atoms with Crippen molar-refractivity contribution in [3.63, 3.8) is 0 Å². The fourth-order valence-electron chi connectivity index (χ4n) is 0.975. The molecular weight excluding hydrogens is 208 g/mol. The van der Waals surface area contributed by atoms with Crippen molar-refractivity contribution in [2.24, 2.45) is 0 Å². The van der Waals surface area contributed by atoms with Crippen LogP contribution in [0.15, 0.2) is 12.7 Å². The lowest BCUT2D eigenvalue weighted by atomic mass is 10.3. The fraction of sp³-hybridized carbons (Fsp3) is 0.636. The van der Waals surface area contributed by atoms with Gasteiger partial charge in [0.25, 0.3) is 0 Å². The molecule has 0 aliphatic heterocycles. The second-order valence-electron chi connectivity index (χ2n) is 3.19. The molecule has 0 unspecified atom stereocenters. The molecule has 5 heteroatoms. The Labute approximate surface area is 96.2 Å². The van der Waals surface area contributed by atoms with Gasteiger partial charge in [0.15, 0.2) is 0 Å². The topological polar surface area (TPSA) is 67.4 Å². The van der Waals surface area contributed by atoms with Crippen molar-refractivity contribution in [3.05, 3.63) is 12.7 Å². The number of ether oxygens (including phenoxy) is 1. The van der Waals surface area contributed by atoms with E-state index in [4.69, 9.17) is 4.74 Å². The highest BCUT2D eigenvalue weighted by Crippen LogP contribution is 1.93. The van der Waals surface area contributed by atoms with Crippen LogP contribution in [0.5, 0.6) is 0 Å². The number of urea groups is 1. The maximum atomic E-state index is 11.0. The van der Waals surface area contributed by atoms with Crippen molar-refractivity contribution in [1.29, 1.82) is 0 Å². The Balaban J connectivity index is 3.29. The molecule has 0 aliphatic carbocycles. The van der Waals surface area contributed by atoms with Gasteiger partial charge in [0.1, 0.15) is 0 Å². The molecule has 2 amide bonds. The summed E-state index contributed by atoms with van der Waals surface area (Å²) in [4.78, 5) is 22.0. The van der Waals surface area contributed by atoms with Crippen molar-refractivity contribution in [3.8, 4) is 0 Å². The molecule has 0 spiro atoms. The van der Waals surface area contributed by atoms with Gasteiger partial charge in [-0.25, -0.2) is 4.79 Å². The highest BCUT2D eigenvalue weighted by molar-refractivity contribution is 5.73. The smallest absolute Gasteiger partial charge is 0.314 e. The standard InChI is InChI=1S/C11H20N2O3/c1-3-5-7-10(14)16-9-6-8-13-11(15)12-4-2/h3H,1,4-9H2,2H3,(H2,12,13,15). The lowest BCUT2D eigenvalue weighted by Crippen LogP contribution is -2.36. The van der Waals surface area contributed by atoms with E-state index in [0.29, 0.717) is 39.0 Å². The van der Waals surface area contributed by atoms with Crippen LogP contribution >= 0.6 is 0 Å². The zero-order valence-electron chi connectivity index (χ0n) is 9.75. The van der Waals surface area contributed by atoms with Gasteiger partial charge in [-0.3, -0.25) is 4.79 Å². The van der Waals surface area contributed by atoms with Crippen LogP contribution in [0.25, 0.3) is 0 Å². The van der Waals surface area contributed by atoms with Crippen molar-refractivity contribution in [2.45, 2.75) is 26.2 Å². The Kier molecular flexibility index (Phi) is 9.06. The summed E-state index contributed by atoms with van der Waals surface area (Å²) in [7, 11) is 0. The fourth-order valence-corrected chi connectivity index (χ4v) is 0.975. The van der Waals surface area contributed by atoms with Gasteiger partial charge >= 0.3 is 12.0 Å². The monoisotopic (exact) mass is 228 g/mol. The Bertz CT molecular complexity index is 229. The molecule has 0 aromatic heterocycles. The summed E-state index contributed by atoms with van der Waals surface area (Å²) < 4.78 is 4.93. The molecule has 0 aromatic carbocycles. The quantitative estimate of drug-likeness (QED) is 0.373. The summed E-state index contributed by atoms with van der Waals surface area (Å²) in [5.74, 6) is -0.224. The average Bonchev–Trinajstić information content (AvgIpc) is 2.26. The van der Waals surface area contributed by atoms with Crippen LogP contribution in [-0.2, 0) is 9.53 Å². The molecule has 2 N–H and O–H groups in total. The molecule has 0 fully saturated rings. The molecule has 16 heavy (non-hydrogen) atoms. The predicted octanol–water partition coefficient (Wildman–Crippen LogP) is 1.21. The third kappa shape index (κ3) is 9.05. The van der Waals surface area contributed by atoms with Crippen LogP contribution in [0, 0.1) is 0 Å². The minimum Gasteiger partial charge on any atom is -0.466 e. The number of carbonyl (C=O) groups excluding carboxylic acids is 2. The first kappa shape index (κ1) is 14.5. The normalized spacial score (nSPS) is 9.31. The molecular formula is C11H20N2O3. The molecule has 0 bridgehead atoms. The number of amides is 2. The van der Waals surface area contributed by atoms with Crippen LogP contribution in [0.1, 0.15) is 26.2 Å². The van der Waals surface area contributed by atoms with E-state index in [1.807, 2.05) is 6.92 Å². The Morgan fingerprint density at radius 3 is 2.75 bits per heavy atom. The van der Waals surface area contributed by atoms with E-state index >= 15 is 0 Å². The largest absolute Gasteiger partial charge is 0.466 e. The van der Waals surface area contributed by atoms with Crippen molar-refractivity contribution in [2.75, 3.05) is 19.7 Å². The second-order valence-corrected chi connectivity index (χ2v) is 3.19. The number of carbonyl (C=O) groups is 2.